The number of rotatable bonds is 8. The molecule has 3 heterocycles. The molecule has 3 aromatic rings. The van der Waals surface area contributed by atoms with Crippen LogP contribution in [0.1, 0.15) is 29.7 Å². The number of carbonyl (C=O) groups is 1. The van der Waals surface area contributed by atoms with Crippen LogP contribution in [0, 0.1) is 5.92 Å². The van der Waals surface area contributed by atoms with Gasteiger partial charge in [-0.3, -0.25) is 14.7 Å². The van der Waals surface area contributed by atoms with Gasteiger partial charge in [-0.25, -0.2) is 4.98 Å². The first-order valence-corrected chi connectivity index (χ1v) is 14.3. The predicted octanol–water partition coefficient (Wildman–Crippen LogP) is 5.12. The lowest BCUT2D eigenvalue weighted by Crippen LogP contribution is -2.37. The van der Waals surface area contributed by atoms with Gasteiger partial charge in [0.25, 0.3) is 0 Å². The van der Waals surface area contributed by atoms with Gasteiger partial charge in [0.2, 0.25) is 5.91 Å². The number of carbonyl (C=O) groups excluding carboxylic acids is 1. The van der Waals surface area contributed by atoms with E-state index in [0.29, 0.717) is 24.5 Å². The van der Waals surface area contributed by atoms with Crippen molar-refractivity contribution in [3.05, 3.63) is 70.2 Å². The molecule has 9 heteroatoms. The first-order valence-electron chi connectivity index (χ1n) is 13.4. The van der Waals surface area contributed by atoms with E-state index in [9.17, 15) is 4.79 Å². The molecule has 3 aliphatic rings. The Balaban J connectivity index is 1.21. The summed E-state index contributed by atoms with van der Waals surface area (Å²) in [5.41, 5.74) is 8.45. The summed E-state index contributed by atoms with van der Waals surface area (Å²) in [7, 11) is 1.64. The maximum Gasteiger partial charge on any atom is 0.233 e. The third kappa shape index (κ3) is 5.90. The van der Waals surface area contributed by atoms with Crippen molar-refractivity contribution >= 4 is 39.9 Å². The van der Waals surface area contributed by atoms with Crippen molar-refractivity contribution in [1.29, 1.82) is 0 Å². The third-order valence-electron chi connectivity index (χ3n) is 7.48. The molecule has 39 heavy (non-hydrogen) atoms. The lowest BCUT2D eigenvalue weighted by molar-refractivity contribution is -0.118. The number of methoxy groups -OCH3 is 1. The first-order chi connectivity index (χ1) is 19.2. The summed E-state index contributed by atoms with van der Waals surface area (Å²) in [6.07, 6.45) is 4.48. The lowest BCUT2D eigenvalue weighted by atomic mass is 9.84. The van der Waals surface area contributed by atoms with Crippen molar-refractivity contribution in [3.8, 4) is 11.5 Å². The Morgan fingerprint density at radius 2 is 2.05 bits per heavy atom. The number of anilines is 1. The van der Waals surface area contributed by atoms with Crippen LogP contribution in [0.15, 0.2) is 58.4 Å². The highest BCUT2D eigenvalue weighted by Crippen LogP contribution is 2.38. The lowest BCUT2D eigenvalue weighted by Gasteiger charge is -2.26. The van der Waals surface area contributed by atoms with Crippen LogP contribution in [0.4, 0.5) is 11.4 Å². The summed E-state index contributed by atoms with van der Waals surface area (Å²) in [6.45, 7) is 4.92. The zero-order chi connectivity index (χ0) is 26.6. The Kier molecular flexibility index (Phi) is 7.71. The van der Waals surface area contributed by atoms with Crippen molar-refractivity contribution < 1.29 is 19.0 Å². The van der Waals surface area contributed by atoms with Gasteiger partial charge in [-0.15, -0.1) is 11.3 Å². The van der Waals surface area contributed by atoms with Gasteiger partial charge in [-0.1, -0.05) is 12.1 Å². The van der Waals surface area contributed by atoms with Gasteiger partial charge in [0.15, 0.2) is 11.5 Å². The molecule has 1 N–H and O–H groups in total. The predicted molar refractivity (Wildman–Crippen MR) is 153 cm³/mol. The van der Waals surface area contributed by atoms with Crippen LogP contribution in [-0.2, 0) is 22.6 Å². The van der Waals surface area contributed by atoms with E-state index in [4.69, 9.17) is 19.2 Å². The number of ether oxygens (including phenoxy) is 3. The summed E-state index contributed by atoms with van der Waals surface area (Å²) < 4.78 is 17.0. The van der Waals surface area contributed by atoms with E-state index in [2.05, 4.69) is 33.4 Å². The minimum absolute atomic E-state index is 0.0106. The van der Waals surface area contributed by atoms with Crippen LogP contribution in [0.2, 0.25) is 0 Å². The third-order valence-corrected chi connectivity index (χ3v) is 8.12. The van der Waals surface area contributed by atoms with Crippen LogP contribution in [0.25, 0.3) is 5.57 Å². The molecular weight excluding hydrogens is 512 g/mol. The molecule has 0 saturated carbocycles. The molecule has 1 aromatic heterocycles. The zero-order valence-electron chi connectivity index (χ0n) is 22.0. The number of nitrogens with one attached hydrogen (secondary N) is 1. The molecule has 1 amide bonds. The van der Waals surface area contributed by atoms with Gasteiger partial charge < -0.3 is 19.5 Å². The monoisotopic (exact) mass is 544 g/mol. The fourth-order valence-corrected chi connectivity index (χ4v) is 5.80. The number of amides is 1. The Hall–Kier alpha value is -3.53. The average molecular weight is 545 g/mol. The van der Waals surface area contributed by atoms with Crippen molar-refractivity contribution in [2.75, 3.05) is 45.3 Å². The van der Waals surface area contributed by atoms with Crippen LogP contribution in [-0.4, -0.2) is 61.5 Å². The van der Waals surface area contributed by atoms with E-state index in [1.807, 2.05) is 29.6 Å². The maximum atomic E-state index is 13.2. The highest BCUT2D eigenvalue weighted by Gasteiger charge is 2.31. The van der Waals surface area contributed by atoms with Crippen LogP contribution < -0.4 is 14.8 Å². The number of fused-ring (bicyclic) bond motifs is 2. The second-order valence-corrected chi connectivity index (χ2v) is 10.7. The summed E-state index contributed by atoms with van der Waals surface area (Å²) in [5, 5.41) is 5.12. The van der Waals surface area contributed by atoms with E-state index >= 15 is 0 Å². The van der Waals surface area contributed by atoms with Crippen LogP contribution in [0.3, 0.4) is 0 Å². The number of thiazole rings is 1. The zero-order valence-corrected chi connectivity index (χ0v) is 22.8. The molecular formula is C30H32N4O4S. The number of hydrogen-bond donors (Lipinski definition) is 1. The van der Waals surface area contributed by atoms with Gasteiger partial charge in [-0.05, 0) is 66.3 Å². The van der Waals surface area contributed by atoms with E-state index < -0.39 is 0 Å². The Bertz CT molecular complexity index is 1400. The molecule has 6 rings (SSSR count). The molecule has 1 saturated heterocycles. The standard InChI is InChI=1S/C30H32N4O4S/c1-36-29-16-22(4-7-28(29)38-17-23-18-39-19-31-23)21-3-5-24-26(15-21)32-25-6-2-20(14-27(25)33-30(24)35)8-9-34-10-12-37-13-11-34/h2,4,6-7,14-16,18-19,24H,3,5,8-13,17H2,1H3,(H,33,35). The smallest absolute Gasteiger partial charge is 0.233 e. The molecule has 0 radical (unpaired) electrons. The molecule has 8 nitrogen and oxygen atoms in total. The number of allylic oxidation sites excluding steroid dienone is 2. The van der Waals surface area contributed by atoms with Crippen LogP contribution >= 0.6 is 11.3 Å². The SMILES string of the molecule is COc1cc(C2=CC3=Nc4ccc(CCN5CCOCC5)cc4NC(=O)C3CC2)ccc1OCc1cscn1. The number of benzene rings is 2. The molecule has 0 bridgehead atoms. The number of aliphatic imine (C=N–C) groups is 1. The summed E-state index contributed by atoms with van der Waals surface area (Å²) >= 11 is 1.55. The van der Waals surface area contributed by atoms with E-state index in [1.165, 1.54) is 5.56 Å². The number of aromatic nitrogens is 1. The molecule has 1 unspecified atom stereocenters. The fourth-order valence-electron chi connectivity index (χ4n) is 5.26. The highest BCUT2D eigenvalue weighted by atomic mass is 32.1. The Morgan fingerprint density at radius 1 is 1.15 bits per heavy atom. The van der Waals surface area contributed by atoms with Gasteiger partial charge in [0, 0.05) is 25.0 Å². The van der Waals surface area contributed by atoms with E-state index in [1.54, 1.807) is 24.0 Å². The molecule has 1 fully saturated rings. The molecule has 202 valence electrons. The molecule has 2 aliphatic heterocycles. The summed E-state index contributed by atoms with van der Waals surface area (Å²) in [6, 6.07) is 12.2. The van der Waals surface area contributed by atoms with Gasteiger partial charge in [0.1, 0.15) is 6.61 Å². The minimum atomic E-state index is -0.263. The largest absolute Gasteiger partial charge is 0.493 e. The second kappa shape index (κ2) is 11.7. The van der Waals surface area contributed by atoms with Gasteiger partial charge in [0.05, 0.1) is 54.5 Å². The highest BCUT2D eigenvalue weighted by molar-refractivity contribution is 7.07. The van der Waals surface area contributed by atoms with Gasteiger partial charge in [-0.2, -0.15) is 0 Å². The molecule has 1 aliphatic carbocycles. The quantitative estimate of drug-likeness (QED) is 0.424. The van der Waals surface area contributed by atoms with Crippen molar-refractivity contribution in [3.63, 3.8) is 0 Å². The molecule has 2 aromatic carbocycles. The Morgan fingerprint density at radius 3 is 2.87 bits per heavy atom. The number of morpholine rings is 1. The summed E-state index contributed by atoms with van der Waals surface area (Å²) in [5.74, 6) is 1.09. The minimum Gasteiger partial charge on any atom is -0.493 e. The first kappa shape index (κ1) is 25.7. The topological polar surface area (TPSA) is 85.3 Å². The fraction of sp³-hybridized carbons (Fsp3) is 0.367. The summed E-state index contributed by atoms with van der Waals surface area (Å²) in [4.78, 5) is 24.9. The second-order valence-electron chi connectivity index (χ2n) is 9.98. The van der Waals surface area contributed by atoms with Crippen molar-refractivity contribution in [1.82, 2.24) is 9.88 Å². The Labute approximate surface area is 232 Å². The average Bonchev–Trinajstić information content (AvgIpc) is 3.45. The molecule has 1 atom stereocenters. The normalized spacial score (nSPS) is 19.2. The molecule has 0 spiro atoms. The maximum absolute atomic E-state index is 13.2. The van der Waals surface area contributed by atoms with Gasteiger partial charge >= 0.3 is 0 Å². The van der Waals surface area contributed by atoms with Crippen LogP contribution in [0.5, 0.6) is 11.5 Å². The number of hydrogen-bond acceptors (Lipinski definition) is 8. The van der Waals surface area contributed by atoms with E-state index in [0.717, 1.165) is 79.6 Å². The van der Waals surface area contributed by atoms with Crippen molar-refractivity contribution in [2.24, 2.45) is 10.9 Å². The number of nitrogens with zero attached hydrogens (tertiary/aromatic N) is 3. The van der Waals surface area contributed by atoms with Crippen molar-refractivity contribution in [2.45, 2.75) is 25.9 Å². The van der Waals surface area contributed by atoms with E-state index in [-0.39, 0.29) is 11.8 Å².